The van der Waals surface area contributed by atoms with Crippen molar-refractivity contribution in [2.75, 3.05) is 27.2 Å². The molecule has 1 aliphatic rings. The number of piperidine rings is 1. The summed E-state index contributed by atoms with van der Waals surface area (Å²) in [6, 6.07) is 0. The Morgan fingerprint density at radius 1 is 1.62 bits per heavy atom. The minimum Gasteiger partial charge on any atom is -0.351 e. The van der Waals surface area contributed by atoms with E-state index in [1.807, 2.05) is 0 Å². The molecule has 1 atom stereocenters. The van der Waals surface area contributed by atoms with Crippen molar-refractivity contribution in [3.8, 4) is 0 Å². The van der Waals surface area contributed by atoms with Gasteiger partial charge in [0.15, 0.2) is 0 Å². The highest BCUT2D eigenvalue weighted by molar-refractivity contribution is 5.67. The zero-order valence-electron chi connectivity index (χ0n) is 7.99. The van der Waals surface area contributed by atoms with Crippen LogP contribution in [0.3, 0.4) is 0 Å². The van der Waals surface area contributed by atoms with Crippen LogP contribution in [0.25, 0.3) is 0 Å². The third kappa shape index (κ3) is 3.18. The van der Waals surface area contributed by atoms with Crippen LogP contribution in [0.5, 0.6) is 0 Å². The fourth-order valence-electron chi connectivity index (χ4n) is 1.31. The van der Waals surface area contributed by atoms with Gasteiger partial charge in [-0.15, -0.1) is 5.06 Å². The molecule has 0 saturated carbocycles. The van der Waals surface area contributed by atoms with Gasteiger partial charge in [0, 0.05) is 20.6 Å². The molecule has 0 aliphatic carbocycles. The molecule has 0 aromatic rings. The van der Waals surface area contributed by atoms with Crippen LogP contribution in [0, 0.1) is 0 Å². The van der Waals surface area contributed by atoms with Gasteiger partial charge >= 0.3 is 6.09 Å². The van der Waals surface area contributed by atoms with E-state index in [9.17, 15) is 9.18 Å². The zero-order valence-corrected chi connectivity index (χ0v) is 7.99. The molecule has 0 bridgehead atoms. The van der Waals surface area contributed by atoms with Crippen LogP contribution in [0.15, 0.2) is 0 Å². The van der Waals surface area contributed by atoms with Crippen LogP contribution < -0.4 is 0 Å². The van der Waals surface area contributed by atoms with Gasteiger partial charge in [0.2, 0.25) is 0 Å². The summed E-state index contributed by atoms with van der Waals surface area (Å²) in [7, 11) is 3.24. The lowest BCUT2D eigenvalue weighted by Gasteiger charge is -2.28. The van der Waals surface area contributed by atoms with Gasteiger partial charge < -0.3 is 9.74 Å². The predicted octanol–water partition coefficient (Wildman–Crippen LogP) is 1.03. The largest absolute Gasteiger partial charge is 0.429 e. The summed E-state index contributed by atoms with van der Waals surface area (Å²) in [6.45, 7) is 0.750. The van der Waals surface area contributed by atoms with Gasteiger partial charge in [0.1, 0.15) is 6.17 Å². The van der Waals surface area contributed by atoms with Crippen molar-refractivity contribution in [3.63, 3.8) is 0 Å². The average Bonchev–Trinajstić information content (AvgIpc) is 2.03. The molecule has 1 aliphatic heterocycles. The first-order valence-corrected chi connectivity index (χ1v) is 4.38. The van der Waals surface area contributed by atoms with Crippen LogP contribution in [0.4, 0.5) is 9.18 Å². The summed E-state index contributed by atoms with van der Waals surface area (Å²) in [5.41, 5.74) is 0. The van der Waals surface area contributed by atoms with Gasteiger partial charge in [-0.2, -0.15) is 0 Å². The summed E-state index contributed by atoms with van der Waals surface area (Å²) in [4.78, 5) is 17.4. The number of halogens is 1. The molecule has 0 aromatic heterocycles. The monoisotopic (exact) mass is 190 g/mol. The van der Waals surface area contributed by atoms with Gasteiger partial charge in [-0.05, 0) is 12.8 Å². The normalized spacial score (nSPS) is 23.4. The maximum absolute atomic E-state index is 12.9. The lowest BCUT2D eigenvalue weighted by Crippen LogP contribution is -2.42. The molecule has 0 aromatic carbocycles. The van der Waals surface area contributed by atoms with Crippen molar-refractivity contribution in [1.82, 2.24) is 9.96 Å². The standard InChI is InChI=1S/C8H15FN2O2/c1-10(2)13-8(12)11-5-3-4-7(9)6-11/h7H,3-6H2,1-2H3. The Morgan fingerprint density at radius 2 is 2.31 bits per heavy atom. The predicted molar refractivity (Wildman–Crippen MR) is 45.9 cm³/mol. The van der Waals surface area contributed by atoms with Gasteiger partial charge in [0.25, 0.3) is 0 Å². The molecule has 0 radical (unpaired) electrons. The Kier molecular flexibility index (Phi) is 3.48. The van der Waals surface area contributed by atoms with Crippen LogP contribution in [-0.4, -0.2) is 49.4 Å². The highest BCUT2D eigenvalue weighted by Gasteiger charge is 2.24. The lowest BCUT2D eigenvalue weighted by atomic mass is 10.1. The molecule has 1 saturated heterocycles. The molecule has 1 heterocycles. The second-order valence-electron chi connectivity index (χ2n) is 3.36. The number of hydrogen-bond acceptors (Lipinski definition) is 3. The molecule has 13 heavy (non-hydrogen) atoms. The molecule has 0 N–H and O–H groups in total. The summed E-state index contributed by atoms with van der Waals surface area (Å²) in [5.74, 6) is 0. The topological polar surface area (TPSA) is 32.8 Å². The van der Waals surface area contributed by atoms with E-state index in [0.29, 0.717) is 19.4 Å². The van der Waals surface area contributed by atoms with Crippen LogP contribution in [0.1, 0.15) is 12.8 Å². The van der Waals surface area contributed by atoms with Crippen molar-refractivity contribution < 1.29 is 14.0 Å². The molecule has 5 heteroatoms. The van der Waals surface area contributed by atoms with Crippen LogP contribution in [0.2, 0.25) is 0 Å². The Balaban J connectivity index is 2.37. The summed E-state index contributed by atoms with van der Waals surface area (Å²) >= 11 is 0. The van der Waals surface area contributed by atoms with E-state index in [-0.39, 0.29) is 6.54 Å². The van der Waals surface area contributed by atoms with Gasteiger partial charge in [-0.3, -0.25) is 0 Å². The molecular weight excluding hydrogens is 175 g/mol. The zero-order chi connectivity index (χ0) is 9.84. The first-order valence-electron chi connectivity index (χ1n) is 4.38. The molecule has 76 valence electrons. The molecule has 1 unspecified atom stereocenters. The number of carbonyl (C=O) groups is 1. The van der Waals surface area contributed by atoms with E-state index in [0.717, 1.165) is 0 Å². The number of rotatable bonds is 1. The first kappa shape index (κ1) is 10.2. The fourth-order valence-corrected chi connectivity index (χ4v) is 1.31. The molecule has 1 amide bonds. The molecule has 4 nitrogen and oxygen atoms in total. The van der Waals surface area contributed by atoms with E-state index in [1.54, 1.807) is 14.1 Å². The third-order valence-corrected chi connectivity index (χ3v) is 1.88. The number of hydrogen-bond donors (Lipinski definition) is 0. The molecule has 1 fully saturated rings. The highest BCUT2D eigenvalue weighted by atomic mass is 19.1. The minimum atomic E-state index is -0.900. The van der Waals surface area contributed by atoms with E-state index in [1.165, 1.54) is 9.96 Å². The number of hydroxylamine groups is 2. The quantitative estimate of drug-likeness (QED) is 0.579. The average molecular weight is 190 g/mol. The number of carbonyl (C=O) groups excluding carboxylic acids is 1. The van der Waals surface area contributed by atoms with Crippen LogP contribution >= 0.6 is 0 Å². The third-order valence-electron chi connectivity index (χ3n) is 1.88. The number of alkyl halides is 1. The highest BCUT2D eigenvalue weighted by Crippen LogP contribution is 2.13. The van der Waals surface area contributed by atoms with Crippen LogP contribution in [-0.2, 0) is 4.84 Å². The van der Waals surface area contributed by atoms with Crippen molar-refractivity contribution in [2.24, 2.45) is 0 Å². The van der Waals surface area contributed by atoms with E-state index in [4.69, 9.17) is 4.84 Å². The minimum absolute atomic E-state index is 0.159. The number of amides is 1. The number of likely N-dealkylation sites (tertiary alicyclic amines) is 1. The Morgan fingerprint density at radius 3 is 2.85 bits per heavy atom. The maximum atomic E-state index is 12.9. The van der Waals surface area contributed by atoms with Gasteiger partial charge in [0.05, 0.1) is 6.54 Å². The van der Waals surface area contributed by atoms with Crippen molar-refractivity contribution >= 4 is 6.09 Å². The lowest BCUT2D eigenvalue weighted by molar-refractivity contribution is -0.0755. The Bertz CT molecular complexity index is 187. The van der Waals surface area contributed by atoms with E-state index in [2.05, 4.69) is 0 Å². The second kappa shape index (κ2) is 4.41. The fraction of sp³-hybridized carbons (Fsp3) is 0.875. The van der Waals surface area contributed by atoms with Crippen molar-refractivity contribution in [1.29, 1.82) is 0 Å². The summed E-state index contributed by atoms with van der Waals surface area (Å²) < 4.78 is 12.9. The van der Waals surface area contributed by atoms with Gasteiger partial charge in [-0.1, -0.05) is 0 Å². The second-order valence-corrected chi connectivity index (χ2v) is 3.36. The SMILES string of the molecule is CN(C)OC(=O)N1CCCC(F)C1. The van der Waals surface area contributed by atoms with E-state index < -0.39 is 12.3 Å². The molecular formula is C8H15FN2O2. The van der Waals surface area contributed by atoms with Crippen molar-refractivity contribution in [3.05, 3.63) is 0 Å². The van der Waals surface area contributed by atoms with E-state index >= 15 is 0 Å². The van der Waals surface area contributed by atoms with Crippen molar-refractivity contribution in [2.45, 2.75) is 19.0 Å². The Hall–Kier alpha value is -0.840. The number of nitrogens with zero attached hydrogens (tertiary/aromatic N) is 2. The first-order chi connectivity index (χ1) is 6.09. The smallest absolute Gasteiger partial charge is 0.351 e. The summed E-state index contributed by atoms with van der Waals surface area (Å²) in [5, 5.41) is 1.31. The molecule has 0 spiro atoms. The maximum Gasteiger partial charge on any atom is 0.429 e. The Labute approximate surface area is 77.2 Å². The van der Waals surface area contributed by atoms with Gasteiger partial charge in [-0.25, -0.2) is 9.18 Å². The molecule has 1 rings (SSSR count). The summed E-state index contributed by atoms with van der Waals surface area (Å²) in [6.07, 6.45) is -0.106.